The molecule has 0 saturated heterocycles. The summed E-state index contributed by atoms with van der Waals surface area (Å²) in [7, 11) is 0. The Morgan fingerprint density at radius 3 is 0.815 bits per heavy atom. The first-order valence-electron chi connectivity index (χ1n) is 28.8. The third-order valence-electron chi connectivity index (χ3n) is 12.2. The lowest BCUT2D eigenvalue weighted by Gasteiger charge is -2.22. The predicted molar refractivity (Wildman–Crippen MR) is 280 cm³/mol. The molecule has 0 spiro atoms. The molecule has 0 fully saturated rings. The van der Waals surface area contributed by atoms with Crippen LogP contribution in [0.2, 0.25) is 0 Å². The van der Waals surface area contributed by atoms with Gasteiger partial charge in [-0.25, -0.2) is 0 Å². The topological polar surface area (TPSA) is 64.6 Å². The Morgan fingerprint density at radius 1 is 0.262 bits per heavy atom. The second-order valence-corrected chi connectivity index (χ2v) is 18.9. The molecule has 0 aliphatic carbocycles. The summed E-state index contributed by atoms with van der Waals surface area (Å²) >= 11 is 0. The molecule has 2 unspecified atom stereocenters. The van der Waals surface area contributed by atoms with Gasteiger partial charge in [-0.1, -0.05) is 208 Å². The van der Waals surface area contributed by atoms with Crippen LogP contribution in [0, 0.1) is 0 Å². The van der Waals surface area contributed by atoms with Crippen LogP contribution in [0.1, 0.15) is 286 Å². The van der Waals surface area contributed by atoms with Crippen LogP contribution in [0.3, 0.4) is 0 Å². The first-order valence-corrected chi connectivity index (χ1v) is 28.8. The van der Waals surface area contributed by atoms with E-state index >= 15 is 0 Å². The molecule has 2 atom stereocenters. The maximum Gasteiger partial charge on any atom is 0.180 e. The van der Waals surface area contributed by atoms with Crippen LogP contribution in [0.5, 0.6) is 0 Å². The average molecular weight is 924 g/mol. The Morgan fingerprint density at radius 2 is 0.508 bits per heavy atom. The molecule has 0 amide bonds. The molecule has 0 aliphatic heterocycles. The minimum absolute atomic E-state index is 0.0893. The van der Waals surface area contributed by atoms with Gasteiger partial charge in [-0.15, -0.1) is 0 Å². The van der Waals surface area contributed by atoms with E-state index < -0.39 is 12.6 Å². The molecular weight excluding hydrogens is 809 g/mol. The molecule has 0 saturated carbocycles. The van der Waals surface area contributed by atoms with Crippen LogP contribution >= 0.6 is 0 Å². The van der Waals surface area contributed by atoms with Gasteiger partial charge in [-0.05, 0) is 102 Å². The fraction of sp³-hybridized carbons (Fsp3) is 0.931. The smallest absolute Gasteiger partial charge is 0.180 e. The van der Waals surface area contributed by atoms with Crippen molar-refractivity contribution in [3.8, 4) is 0 Å². The van der Waals surface area contributed by atoms with Gasteiger partial charge in [0, 0.05) is 26.4 Å². The quantitative estimate of drug-likeness (QED) is 0.0342. The van der Waals surface area contributed by atoms with E-state index in [9.17, 15) is 0 Å². The van der Waals surface area contributed by atoms with Crippen LogP contribution < -0.4 is 0 Å². The number of ether oxygens (including phenoxy) is 7. The Labute approximate surface area is 406 Å². The Hall–Kier alpha value is -0.800. The highest BCUT2D eigenvalue weighted by Crippen LogP contribution is 2.17. The van der Waals surface area contributed by atoms with Gasteiger partial charge in [0.2, 0.25) is 0 Å². The summed E-state index contributed by atoms with van der Waals surface area (Å²) in [5.41, 5.74) is 0. The molecule has 0 heterocycles. The van der Waals surface area contributed by atoms with Crippen molar-refractivity contribution < 1.29 is 33.2 Å². The maximum atomic E-state index is 6.55. The van der Waals surface area contributed by atoms with Gasteiger partial charge in [-0.2, -0.15) is 0 Å². The van der Waals surface area contributed by atoms with Gasteiger partial charge in [0.05, 0.1) is 13.2 Å². The first-order chi connectivity index (χ1) is 32.1. The standard InChI is InChI=1S/C58H114O7/c1-7-13-19-23-31-41-51-59-55(60-52-42-32-24-20-14-8-2)45-35-27-29-37-47-57(63-49-39-17-11-5)65-58(64-50-40-18-12-6)48-38-30-28-36-46-56(61-53-43-33-25-21-15-9-3)62-54-44-34-26-22-16-10-4/h37-38,47-48,55-58H,7-36,39-46,49-54H2,1-6H3. The zero-order valence-corrected chi connectivity index (χ0v) is 44.6. The number of hydrogen-bond donors (Lipinski definition) is 0. The second-order valence-electron chi connectivity index (χ2n) is 18.9. The van der Waals surface area contributed by atoms with E-state index in [0.717, 1.165) is 129 Å². The van der Waals surface area contributed by atoms with Crippen molar-refractivity contribution in [3.05, 3.63) is 24.3 Å². The van der Waals surface area contributed by atoms with Gasteiger partial charge in [0.1, 0.15) is 0 Å². The third kappa shape index (κ3) is 49.4. The average Bonchev–Trinajstić information content (AvgIpc) is 3.31. The number of rotatable bonds is 56. The van der Waals surface area contributed by atoms with Gasteiger partial charge in [0.15, 0.2) is 25.2 Å². The fourth-order valence-electron chi connectivity index (χ4n) is 7.89. The van der Waals surface area contributed by atoms with E-state index in [1.54, 1.807) is 0 Å². The van der Waals surface area contributed by atoms with Crippen LogP contribution in [-0.4, -0.2) is 64.8 Å². The largest absolute Gasteiger partial charge is 0.353 e. The monoisotopic (exact) mass is 923 g/mol. The van der Waals surface area contributed by atoms with Crippen molar-refractivity contribution in [1.82, 2.24) is 0 Å². The van der Waals surface area contributed by atoms with E-state index in [1.165, 1.54) is 141 Å². The Kier molecular flexibility index (Phi) is 55.1. The molecule has 0 aliphatic rings. The van der Waals surface area contributed by atoms with Gasteiger partial charge in [-0.3, -0.25) is 0 Å². The van der Waals surface area contributed by atoms with Crippen molar-refractivity contribution in [2.24, 2.45) is 0 Å². The molecule has 0 aromatic heterocycles. The zero-order chi connectivity index (χ0) is 47.2. The lowest BCUT2D eigenvalue weighted by Crippen LogP contribution is -2.25. The Balaban J connectivity index is 5.21. The molecule has 0 radical (unpaired) electrons. The zero-order valence-electron chi connectivity index (χ0n) is 44.6. The number of allylic oxidation sites excluding steroid dienone is 2. The predicted octanol–water partition coefficient (Wildman–Crippen LogP) is 18.5. The summed E-state index contributed by atoms with van der Waals surface area (Å²) in [4.78, 5) is 0. The van der Waals surface area contributed by atoms with Crippen molar-refractivity contribution in [1.29, 1.82) is 0 Å². The van der Waals surface area contributed by atoms with Gasteiger partial charge < -0.3 is 33.2 Å². The first kappa shape index (κ1) is 64.2. The molecule has 388 valence electrons. The van der Waals surface area contributed by atoms with Crippen molar-refractivity contribution in [2.45, 2.75) is 311 Å². The molecule has 0 aromatic rings. The van der Waals surface area contributed by atoms with Crippen molar-refractivity contribution >= 4 is 0 Å². The molecular formula is C58H114O7. The highest BCUT2D eigenvalue weighted by atomic mass is 16.8. The summed E-state index contributed by atoms with van der Waals surface area (Å²) in [5, 5.41) is 0. The molecule has 0 rings (SSSR count). The third-order valence-corrected chi connectivity index (χ3v) is 12.2. The number of hydrogen-bond acceptors (Lipinski definition) is 7. The van der Waals surface area contributed by atoms with Gasteiger partial charge in [0.25, 0.3) is 0 Å². The summed E-state index contributed by atoms with van der Waals surface area (Å²) < 4.78 is 44.4. The summed E-state index contributed by atoms with van der Waals surface area (Å²) in [6.45, 7) is 18.2. The lowest BCUT2D eigenvalue weighted by atomic mass is 10.1. The molecule has 0 bridgehead atoms. The molecule has 7 heteroatoms. The Bertz CT molecular complexity index is 820. The van der Waals surface area contributed by atoms with Gasteiger partial charge >= 0.3 is 0 Å². The summed E-state index contributed by atoms with van der Waals surface area (Å²) in [5.74, 6) is 0. The second kappa shape index (κ2) is 55.8. The SMILES string of the molecule is CCCCCCCCOC(CCCCC=CC(OCCCCC)OC(C=CCCCCC(OCCCCCCCC)OCCCCCCCC)OCCCCC)OCCCCCCCC. The van der Waals surface area contributed by atoms with Crippen molar-refractivity contribution in [2.75, 3.05) is 39.6 Å². The van der Waals surface area contributed by atoms with Crippen LogP contribution in [0.15, 0.2) is 24.3 Å². The van der Waals surface area contributed by atoms with E-state index in [-0.39, 0.29) is 12.6 Å². The van der Waals surface area contributed by atoms with Crippen LogP contribution in [0.25, 0.3) is 0 Å². The molecule has 0 N–H and O–H groups in total. The van der Waals surface area contributed by atoms with E-state index in [4.69, 9.17) is 33.2 Å². The minimum Gasteiger partial charge on any atom is -0.353 e. The lowest BCUT2D eigenvalue weighted by molar-refractivity contribution is -0.208. The molecule has 7 nitrogen and oxygen atoms in total. The molecule has 65 heavy (non-hydrogen) atoms. The normalized spacial score (nSPS) is 13.2. The highest BCUT2D eigenvalue weighted by Gasteiger charge is 2.15. The van der Waals surface area contributed by atoms with Crippen LogP contribution in [-0.2, 0) is 33.2 Å². The molecule has 0 aromatic carbocycles. The summed E-state index contributed by atoms with van der Waals surface area (Å²) in [6, 6.07) is 0. The van der Waals surface area contributed by atoms with Crippen molar-refractivity contribution in [3.63, 3.8) is 0 Å². The maximum absolute atomic E-state index is 6.55. The van der Waals surface area contributed by atoms with Crippen LogP contribution in [0.4, 0.5) is 0 Å². The fourth-order valence-corrected chi connectivity index (χ4v) is 7.89. The minimum atomic E-state index is -0.435. The van der Waals surface area contributed by atoms with E-state index in [0.29, 0.717) is 13.2 Å². The van der Waals surface area contributed by atoms with E-state index in [1.807, 2.05) is 0 Å². The number of unbranched alkanes of at least 4 members (excludes halogenated alkanes) is 28. The summed E-state index contributed by atoms with van der Waals surface area (Å²) in [6.07, 6.45) is 53.2. The highest BCUT2D eigenvalue weighted by molar-refractivity contribution is 4.90. The van der Waals surface area contributed by atoms with E-state index in [2.05, 4.69) is 65.8 Å².